The van der Waals surface area contributed by atoms with Crippen LogP contribution in [-0.2, 0) is 6.54 Å². The number of halogens is 1. The number of benzene rings is 2. The zero-order valence-electron chi connectivity index (χ0n) is 15.8. The highest BCUT2D eigenvalue weighted by Crippen LogP contribution is 2.24. The Balaban J connectivity index is 0.00000225. The summed E-state index contributed by atoms with van der Waals surface area (Å²) in [7, 11) is 0. The molecule has 6 nitrogen and oxygen atoms in total. The molecule has 7 heteroatoms. The van der Waals surface area contributed by atoms with Gasteiger partial charge in [-0.15, -0.1) is 12.4 Å². The summed E-state index contributed by atoms with van der Waals surface area (Å²) < 4.78 is 0. The van der Waals surface area contributed by atoms with Crippen molar-refractivity contribution in [3.63, 3.8) is 0 Å². The van der Waals surface area contributed by atoms with Gasteiger partial charge in [-0.3, -0.25) is 4.90 Å². The van der Waals surface area contributed by atoms with E-state index in [-0.39, 0.29) is 19.0 Å². The van der Waals surface area contributed by atoms with Crippen LogP contribution in [0.25, 0.3) is 10.9 Å². The second-order valence-corrected chi connectivity index (χ2v) is 6.78. The molecule has 0 saturated carbocycles. The first-order valence-corrected chi connectivity index (χ1v) is 9.46. The van der Waals surface area contributed by atoms with Gasteiger partial charge in [-0.2, -0.15) is 4.98 Å². The highest BCUT2D eigenvalue weighted by Gasteiger charge is 2.20. The monoisotopic (exact) mass is 399 g/mol. The summed E-state index contributed by atoms with van der Waals surface area (Å²) in [5.74, 6) is 1.64. The SMILES string of the molecule is Cl.OCCN1CCN(c2nc(NCc3ccccc3)c3ccccc3n2)CC1. The summed E-state index contributed by atoms with van der Waals surface area (Å²) in [6.45, 7) is 5.25. The van der Waals surface area contributed by atoms with Gasteiger partial charge in [0.2, 0.25) is 5.95 Å². The van der Waals surface area contributed by atoms with E-state index >= 15 is 0 Å². The number of hydrogen-bond donors (Lipinski definition) is 2. The third-order valence-corrected chi connectivity index (χ3v) is 4.97. The van der Waals surface area contributed by atoms with Gasteiger partial charge in [0.25, 0.3) is 0 Å². The molecule has 28 heavy (non-hydrogen) atoms. The van der Waals surface area contributed by atoms with Crippen molar-refractivity contribution in [2.45, 2.75) is 6.54 Å². The highest BCUT2D eigenvalue weighted by atomic mass is 35.5. The molecule has 0 bridgehead atoms. The molecule has 1 aliphatic rings. The second-order valence-electron chi connectivity index (χ2n) is 6.78. The molecular formula is C21H26ClN5O. The van der Waals surface area contributed by atoms with E-state index in [0.29, 0.717) is 0 Å². The zero-order valence-corrected chi connectivity index (χ0v) is 16.6. The Kier molecular flexibility index (Phi) is 7.03. The average molecular weight is 400 g/mol. The van der Waals surface area contributed by atoms with E-state index in [1.807, 2.05) is 36.4 Å². The average Bonchev–Trinajstić information content (AvgIpc) is 2.73. The summed E-state index contributed by atoms with van der Waals surface area (Å²) in [4.78, 5) is 14.1. The Bertz CT molecular complexity index is 884. The topological polar surface area (TPSA) is 64.5 Å². The summed E-state index contributed by atoms with van der Waals surface area (Å²) in [5, 5.41) is 13.7. The van der Waals surface area contributed by atoms with Crippen molar-refractivity contribution in [3.05, 3.63) is 60.2 Å². The third-order valence-electron chi connectivity index (χ3n) is 4.97. The first-order valence-electron chi connectivity index (χ1n) is 9.46. The van der Waals surface area contributed by atoms with Crippen LogP contribution in [-0.4, -0.2) is 59.3 Å². The maximum Gasteiger partial charge on any atom is 0.227 e. The number of para-hydroxylation sites is 1. The van der Waals surface area contributed by atoms with E-state index in [9.17, 15) is 0 Å². The number of aliphatic hydroxyl groups is 1. The number of piperazine rings is 1. The predicted octanol–water partition coefficient (Wildman–Crippen LogP) is 2.78. The normalized spacial score (nSPS) is 14.7. The second kappa shape index (κ2) is 9.68. The summed E-state index contributed by atoms with van der Waals surface area (Å²) >= 11 is 0. The Morgan fingerprint density at radius 3 is 2.36 bits per heavy atom. The van der Waals surface area contributed by atoms with Crippen molar-refractivity contribution in [2.24, 2.45) is 0 Å². The van der Waals surface area contributed by atoms with Crippen molar-refractivity contribution in [3.8, 4) is 0 Å². The number of aromatic nitrogens is 2. The zero-order chi connectivity index (χ0) is 18.5. The van der Waals surface area contributed by atoms with Crippen molar-refractivity contribution < 1.29 is 5.11 Å². The molecule has 1 aromatic heterocycles. The fraction of sp³-hybridized carbons (Fsp3) is 0.333. The Morgan fingerprint density at radius 2 is 1.61 bits per heavy atom. The lowest BCUT2D eigenvalue weighted by Crippen LogP contribution is -2.47. The molecule has 1 fully saturated rings. The summed E-state index contributed by atoms with van der Waals surface area (Å²) in [5.41, 5.74) is 2.18. The van der Waals surface area contributed by atoms with Crippen LogP contribution in [0.2, 0.25) is 0 Å². The van der Waals surface area contributed by atoms with Gasteiger partial charge in [0.1, 0.15) is 5.82 Å². The molecule has 0 aliphatic carbocycles. The number of nitrogens with one attached hydrogen (secondary N) is 1. The van der Waals surface area contributed by atoms with Crippen LogP contribution in [0.15, 0.2) is 54.6 Å². The lowest BCUT2D eigenvalue weighted by Gasteiger charge is -2.34. The molecule has 0 spiro atoms. The van der Waals surface area contributed by atoms with Gasteiger partial charge in [0.15, 0.2) is 0 Å². The lowest BCUT2D eigenvalue weighted by molar-refractivity contribution is 0.188. The highest BCUT2D eigenvalue weighted by molar-refractivity contribution is 5.90. The standard InChI is InChI=1S/C21H25N5O.ClH/c27-15-14-25-10-12-26(13-11-25)21-23-19-9-5-4-8-18(19)20(24-21)22-16-17-6-2-1-3-7-17;/h1-9,27H,10-16H2,(H,22,23,24);1H. The van der Waals surface area contributed by atoms with E-state index in [1.54, 1.807) is 0 Å². The smallest absolute Gasteiger partial charge is 0.227 e. The van der Waals surface area contributed by atoms with Crippen LogP contribution in [0.1, 0.15) is 5.56 Å². The number of β-amino-alcohol motifs (C(OH)–C–C–N with tert-alkyl or cyclic N) is 1. The van der Waals surface area contributed by atoms with Crippen molar-refractivity contribution in [1.29, 1.82) is 0 Å². The van der Waals surface area contributed by atoms with Crippen LogP contribution in [0.5, 0.6) is 0 Å². The summed E-state index contributed by atoms with van der Waals surface area (Å²) in [6, 6.07) is 18.5. The molecule has 3 aromatic rings. The van der Waals surface area contributed by atoms with Crippen molar-refractivity contribution in [1.82, 2.24) is 14.9 Å². The molecule has 1 saturated heterocycles. The molecule has 2 N–H and O–H groups in total. The van der Waals surface area contributed by atoms with E-state index in [4.69, 9.17) is 15.1 Å². The Morgan fingerprint density at radius 1 is 0.893 bits per heavy atom. The number of rotatable bonds is 6. The van der Waals surface area contributed by atoms with Gasteiger partial charge >= 0.3 is 0 Å². The molecule has 2 aromatic carbocycles. The van der Waals surface area contributed by atoms with Gasteiger partial charge < -0.3 is 15.3 Å². The van der Waals surface area contributed by atoms with Gasteiger partial charge in [0.05, 0.1) is 12.1 Å². The molecular weight excluding hydrogens is 374 g/mol. The Hall–Kier alpha value is -2.41. The molecule has 0 unspecified atom stereocenters. The van der Waals surface area contributed by atoms with Gasteiger partial charge in [-0.25, -0.2) is 4.98 Å². The van der Waals surface area contributed by atoms with E-state index in [1.165, 1.54) is 5.56 Å². The Labute approximate surface area is 171 Å². The minimum Gasteiger partial charge on any atom is -0.395 e. The molecule has 4 rings (SSSR count). The number of fused-ring (bicyclic) bond motifs is 1. The molecule has 1 aliphatic heterocycles. The number of aliphatic hydroxyl groups excluding tert-OH is 1. The first-order chi connectivity index (χ1) is 13.3. The number of hydrogen-bond acceptors (Lipinski definition) is 6. The number of nitrogens with zero attached hydrogens (tertiary/aromatic N) is 4. The van der Waals surface area contributed by atoms with Crippen LogP contribution < -0.4 is 10.2 Å². The quantitative estimate of drug-likeness (QED) is 0.664. The van der Waals surface area contributed by atoms with Crippen LogP contribution >= 0.6 is 12.4 Å². The lowest BCUT2D eigenvalue weighted by atomic mass is 10.2. The molecule has 0 atom stereocenters. The van der Waals surface area contributed by atoms with Gasteiger partial charge in [0, 0.05) is 44.7 Å². The number of anilines is 2. The minimum atomic E-state index is 0. The largest absolute Gasteiger partial charge is 0.395 e. The maximum atomic E-state index is 9.12. The fourth-order valence-electron chi connectivity index (χ4n) is 3.44. The summed E-state index contributed by atoms with van der Waals surface area (Å²) in [6.07, 6.45) is 0. The van der Waals surface area contributed by atoms with Crippen LogP contribution in [0.3, 0.4) is 0 Å². The minimum absolute atomic E-state index is 0. The van der Waals surface area contributed by atoms with Crippen molar-refractivity contribution in [2.75, 3.05) is 49.5 Å². The van der Waals surface area contributed by atoms with Gasteiger partial charge in [-0.05, 0) is 17.7 Å². The van der Waals surface area contributed by atoms with Gasteiger partial charge in [-0.1, -0.05) is 42.5 Å². The van der Waals surface area contributed by atoms with E-state index < -0.39 is 0 Å². The molecule has 148 valence electrons. The molecule has 2 heterocycles. The van der Waals surface area contributed by atoms with E-state index in [0.717, 1.165) is 61.9 Å². The predicted molar refractivity (Wildman–Crippen MR) is 116 cm³/mol. The van der Waals surface area contributed by atoms with Crippen LogP contribution in [0, 0.1) is 0 Å². The molecule has 0 radical (unpaired) electrons. The fourth-order valence-corrected chi connectivity index (χ4v) is 3.44. The molecule has 0 amide bonds. The van der Waals surface area contributed by atoms with Crippen molar-refractivity contribution >= 4 is 35.1 Å². The maximum absolute atomic E-state index is 9.12. The third kappa shape index (κ3) is 4.70. The van der Waals surface area contributed by atoms with Crippen LogP contribution in [0.4, 0.5) is 11.8 Å². The first kappa shape index (κ1) is 20.3. The van der Waals surface area contributed by atoms with E-state index in [2.05, 4.69) is 33.3 Å².